The van der Waals surface area contributed by atoms with Gasteiger partial charge < -0.3 is 19.6 Å². The van der Waals surface area contributed by atoms with E-state index in [2.05, 4.69) is 11.9 Å². The molecule has 5 heteroatoms. The van der Waals surface area contributed by atoms with Crippen LogP contribution in [-0.2, 0) is 13.0 Å². The quantitative estimate of drug-likeness (QED) is 0.907. The number of amides is 1. The van der Waals surface area contributed by atoms with E-state index >= 15 is 0 Å². The Bertz CT molecular complexity index is 524. The Morgan fingerprint density at radius 3 is 2.76 bits per heavy atom. The van der Waals surface area contributed by atoms with Crippen LogP contribution < -0.4 is 4.74 Å². The second-order valence-corrected chi connectivity index (χ2v) is 5.97. The van der Waals surface area contributed by atoms with Crippen LogP contribution in [0.5, 0.6) is 5.75 Å². The molecule has 1 amide bonds. The lowest BCUT2D eigenvalue weighted by Crippen LogP contribution is -2.37. The molecule has 2 aliphatic rings. The van der Waals surface area contributed by atoms with E-state index in [1.54, 1.807) is 0 Å². The molecule has 0 spiro atoms. The van der Waals surface area contributed by atoms with Gasteiger partial charge in [0.25, 0.3) is 0 Å². The highest BCUT2D eigenvalue weighted by Gasteiger charge is 2.24. The number of rotatable bonds is 2. The molecule has 1 N–H and O–H groups in total. The number of carbonyl (C=O) groups is 1. The molecule has 1 fully saturated rings. The lowest BCUT2D eigenvalue weighted by Gasteiger charge is -2.32. The summed E-state index contributed by atoms with van der Waals surface area (Å²) >= 11 is 0. The SMILES string of the molecule is CN1CCC(Oc2cccc3c2CCN(C(=O)O)C3)CC1. The summed E-state index contributed by atoms with van der Waals surface area (Å²) in [4.78, 5) is 14.9. The highest BCUT2D eigenvalue weighted by Crippen LogP contribution is 2.30. The minimum absolute atomic E-state index is 0.283. The molecule has 0 unspecified atom stereocenters. The van der Waals surface area contributed by atoms with E-state index in [0.717, 1.165) is 43.7 Å². The fraction of sp³-hybridized carbons (Fsp3) is 0.562. The molecule has 0 saturated carbocycles. The number of benzene rings is 1. The summed E-state index contributed by atoms with van der Waals surface area (Å²) in [6.45, 7) is 3.17. The van der Waals surface area contributed by atoms with Gasteiger partial charge in [0, 0.05) is 31.7 Å². The zero-order valence-electron chi connectivity index (χ0n) is 12.4. The zero-order chi connectivity index (χ0) is 14.8. The van der Waals surface area contributed by atoms with Crippen molar-refractivity contribution in [1.29, 1.82) is 0 Å². The molecule has 0 bridgehead atoms. The molecule has 3 rings (SSSR count). The lowest BCUT2D eigenvalue weighted by atomic mass is 9.98. The van der Waals surface area contributed by atoms with Gasteiger partial charge in [0.05, 0.1) is 0 Å². The summed E-state index contributed by atoms with van der Waals surface area (Å²) in [7, 11) is 2.14. The van der Waals surface area contributed by atoms with Crippen LogP contribution in [0.1, 0.15) is 24.0 Å². The third-order valence-electron chi connectivity index (χ3n) is 4.45. The van der Waals surface area contributed by atoms with Crippen LogP contribution in [0.4, 0.5) is 4.79 Å². The van der Waals surface area contributed by atoms with Crippen LogP contribution in [0.25, 0.3) is 0 Å². The average Bonchev–Trinajstić information content (AvgIpc) is 2.49. The first-order valence-electron chi connectivity index (χ1n) is 7.57. The third-order valence-corrected chi connectivity index (χ3v) is 4.45. The molecule has 0 aromatic heterocycles. The number of likely N-dealkylation sites (tertiary alicyclic amines) is 1. The van der Waals surface area contributed by atoms with Gasteiger partial charge in [-0.25, -0.2) is 4.79 Å². The summed E-state index contributed by atoms with van der Waals surface area (Å²) in [5.41, 5.74) is 2.27. The van der Waals surface area contributed by atoms with E-state index in [0.29, 0.717) is 13.1 Å². The van der Waals surface area contributed by atoms with Gasteiger partial charge in [-0.3, -0.25) is 0 Å². The highest BCUT2D eigenvalue weighted by atomic mass is 16.5. The summed E-state index contributed by atoms with van der Waals surface area (Å²) in [6, 6.07) is 5.99. The van der Waals surface area contributed by atoms with Crippen LogP contribution in [0.3, 0.4) is 0 Å². The number of hydrogen-bond donors (Lipinski definition) is 1. The summed E-state index contributed by atoms with van der Waals surface area (Å²) in [5.74, 6) is 0.951. The van der Waals surface area contributed by atoms with Crippen molar-refractivity contribution < 1.29 is 14.6 Å². The Kier molecular flexibility index (Phi) is 4.01. The highest BCUT2D eigenvalue weighted by molar-refractivity contribution is 5.65. The van der Waals surface area contributed by atoms with Crippen molar-refractivity contribution in [2.75, 3.05) is 26.7 Å². The van der Waals surface area contributed by atoms with Gasteiger partial charge >= 0.3 is 6.09 Å². The van der Waals surface area contributed by atoms with E-state index in [4.69, 9.17) is 9.84 Å². The van der Waals surface area contributed by atoms with Gasteiger partial charge in [0.2, 0.25) is 0 Å². The molecule has 0 atom stereocenters. The lowest BCUT2D eigenvalue weighted by molar-refractivity contribution is 0.111. The average molecular weight is 290 g/mol. The maximum absolute atomic E-state index is 11.1. The summed E-state index contributed by atoms with van der Waals surface area (Å²) < 4.78 is 6.21. The maximum atomic E-state index is 11.1. The van der Waals surface area contributed by atoms with E-state index in [-0.39, 0.29) is 6.10 Å². The van der Waals surface area contributed by atoms with Crippen LogP contribution in [-0.4, -0.2) is 53.8 Å². The molecule has 2 heterocycles. The molecule has 1 aromatic carbocycles. The van der Waals surface area contributed by atoms with Crippen molar-refractivity contribution in [3.05, 3.63) is 29.3 Å². The topological polar surface area (TPSA) is 53.0 Å². The number of fused-ring (bicyclic) bond motifs is 1. The largest absolute Gasteiger partial charge is 0.490 e. The normalized spacial score (nSPS) is 20.1. The van der Waals surface area contributed by atoms with Crippen molar-refractivity contribution in [1.82, 2.24) is 9.80 Å². The molecule has 21 heavy (non-hydrogen) atoms. The van der Waals surface area contributed by atoms with E-state index in [9.17, 15) is 4.79 Å². The molecule has 1 aromatic rings. The molecular formula is C16H22N2O3. The minimum Gasteiger partial charge on any atom is -0.490 e. The van der Waals surface area contributed by atoms with Crippen molar-refractivity contribution >= 4 is 6.09 Å². The van der Waals surface area contributed by atoms with Crippen LogP contribution >= 0.6 is 0 Å². The smallest absolute Gasteiger partial charge is 0.407 e. The predicted octanol–water partition coefficient (Wildman–Crippen LogP) is 2.20. The van der Waals surface area contributed by atoms with Crippen LogP contribution in [0.2, 0.25) is 0 Å². The fourth-order valence-corrected chi connectivity index (χ4v) is 3.13. The summed E-state index contributed by atoms with van der Waals surface area (Å²) in [5, 5.41) is 9.11. The predicted molar refractivity (Wildman–Crippen MR) is 79.7 cm³/mol. The Labute approximate surface area is 125 Å². The van der Waals surface area contributed by atoms with Crippen molar-refractivity contribution in [2.45, 2.75) is 31.9 Å². The number of ether oxygens (including phenoxy) is 1. The molecule has 2 aliphatic heterocycles. The van der Waals surface area contributed by atoms with E-state index in [1.165, 1.54) is 10.5 Å². The van der Waals surface area contributed by atoms with Crippen molar-refractivity contribution in [3.8, 4) is 5.75 Å². The van der Waals surface area contributed by atoms with Crippen molar-refractivity contribution in [2.24, 2.45) is 0 Å². The van der Waals surface area contributed by atoms with Gasteiger partial charge in [0.1, 0.15) is 11.9 Å². The molecule has 0 radical (unpaired) electrons. The first kappa shape index (κ1) is 14.2. The number of piperidine rings is 1. The molecule has 5 nitrogen and oxygen atoms in total. The van der Waals surface area contributed by atoms with E-state index in [1.807, 2.05) is 18.2 Å². The fourth-order valence-electron chi connectivity index (χ4n) is 3.13. The van der Waals surface area contributed by atoms with Crippen LogP contribution in [0, 0.1) is 0 Å². The van der Waals surface area contributed by atoms with E-state index < -0.39 is 6.09 Å². The standard InChI is InChI=1S/C16H22N2O3/c1-17-8-5-13(6-9-17)21-15-4-2-3-12-11-18(16(19)20)10-7-14(12)15/h2-4,13H,5-11H2,1H3,(H,19,20). The molecular weight excluding hydrogens is 268 g/mol. The second-order valence-electron chi connectivity index (χ2n) is 5.97. The minimum atomic E-state index is -0.845. The van der Waals surface area contributed by atoms with Crippen molar-refractivity contribution in [3.63, 3.8) is 0 Å². The first-order chi connectivity index (χ1) is 10.1. The van der Waals surface area contributed by atoms with Gasteiger partial charge in [-0.1, -0.05) is 12.1 Å². The maximum Gasteiger partial charge on any atom is 0.407 e. The Morgan fingerprint density at radius 1 is 1.29 bits per heavy atom. The van der Waals surface area contributed by atoms with Gasteiger partial charge in [0.15, 0.2) is 0 Å². The number of nitrogens with zero attached hydrogens (tertiary/aromatic N) is 2. The number of carboxylic acid groups (broad SMARTS) is 1. The second kappa shape index (κ2) is 5.93. The van der Waals surface area contributed by atoms with Gasteiger partial charge in [-0.15, -0.1) is 0 Å². The molecule has 114 valence electrons. The third kappa shape index (κ3) is 3.13. The van der Waals surface area contributed by atoms with Gasteiger partial charge in [-0.05, 0) is 37.9 Å². The number of hydrogen-bond acceptors (Lipinski definition) is 3. The Hall–Kier alpha value is -1.75. The Morgan fingerprint density at radius 2 is 2.05 bits per heavy atom. The first-order valence-corrected chi connectivity index (χ1v) is 7.57. The van der Waals surface area contributed by atoms with Crippen LogP contribution in [0.15, 0.2) is 18.2 Å². The monoisotopic (exact) mass is 290 g/mol. The Balaban J connectivity index is 1.73. The zero-order valence-corrected chi connectivity index (χ0v) is 12.4. The summed E-state index contributed by atoms with van der Waals surface area (Å²) in [6.07, 6.45) is 2.29. The molecule has 0 aliphatic carbocycles. The molecule has 1 saturated heterocycles. The van der Waals surface area contributed by atoms with Gasteiger partial charge in [-0.2, -0.15) is 0 Å².